The van der Waals surface area contributed by atoms with Crippen molar-refractivity contribution in [3.05, 3.63) is 17.7 Å². The molecule has 2 rings (SSSR count). The second-order valence-electron chi connectivity index (χ2n) is 5.23. The number of methoxy groups -OCH3 is 1. The number of benzene rings is 1. The fraction of sp³-hybridized carbons (Fsp3) is 0.467. The summed E-state index contributed by atoms with van der Waals surface area (Å²) in [6.45, 7) is 5.04. The van der Waals surface area contributed by atoms with Crippen molar-refractivity contribution in [3.63, 3.8) is 0 Å². The van der Waals surface area contributed by atoms with Gasteiger partial charge in [-0.2, -0.15) is 0 Å². The molecule has 0 bridgehead atoms. The topological polar surface area (TPSA) is 45.7 Å². The van der Waals surface area contributed by atoms with Crippen LogP contribution in [0.15, 0.2) is 12.1 Å². The number of carbonyl (C=O) groups excluding carboxylic acids is 1. The van der Waals surface area contributed by atoms with Crippen LogP contribution < -0.4 is 9.64 Å². The monoisotopic (exact) mass is 343 g/mol. The van der Waals surface area contributed by atoms with Crippen molar-refractivity contribution >= 4 is 45.0 Å². The largest absolute Gasteiger partial charge is 0.494 e. The van der Waals surface area contributed by atoms with Gasteiger partial charge in [0.2, 0.25) is 5.91 Å². The summed E-state index contributed by atoms with van der Waals surface area (Å²) >= 11 is 1.54. The molecule has 1 aromatic heterocycles. The normalized spacial score (nSPS) is 10.6. The van der Waals surface area contributed by atoms with Gasteiger partial charge < -0.3 is 9.64 Å². The summed E-state index contributed by atoms with van der Waals surface area (Å²) in [5, 5.41) is 0.729. The highest BCUT2D eigenvalue weighted by molar-refractivity contribution is 7.22. The lowest BCUT2D eigenvalue weighted by molar-refractivity contribution is -0.116. The van der Waals surface area contributed by atoms with Gasteiger partial charge in [0.1, 0.15) is 11.3 Å². The van der Waals surface area contributed by atoms with Crippen LogP contribution in [0.4, 0.5) is 5.13 Å². The number of likely N-dealkylation sites (N-methyl/N-ethyl adjacent to an activating group) is 1. The van der Waals surface area contributed by atoms with Crippen LogP contribution in [0, 0.1) is 6.92 Å². The molecule has 122 valence electrons. The van der Waals surface area contributed by atoms with Crippen LogP contribution in [0.5, 0.6) is 5.75 Å². The number of aromatic nitrogens is 1. The van der Waals surface area contributed by atoms with Crippen LogP contribution in [0.25, 0.3) is 10.2 Å². The molecule has 0 aliphatic heterocycles. The van der Waals surface area contributed by atoms with Gasteiger partial charge in [0.25, 0.3) is 0 Å². The van der Waals surface area contributed by atoms with Crippen LogP contribution in [0.2, 0.25) is 0 Å². The molecule has 0 unspecified atom stereocenters. The molecule has 5 nitrogen and oxygen atoms in total. The van der Waals surface area contributed by atoms with E-state index in [2.05, 4.69) is 9.88 Å². The number of carbonyl (C=O) groups is 1. The average molecular weight is 344 g/mol. The molecule has 0 radical (unpaired) electrons. The summed E-state index contributed by atoms with van der Waals surface area (Å²) in [4.78, 5) is 20.3. The van der Waals surface area contributed by atoms with Crippen molar-refractivity contribution in [1.82, 2.24) is 9.88 Å². The van der Waals surface area contributed by atoms with Gasteiger partial charge in [-0.15, -0.1) is 12.4 Å². The van der Waals surface area contributed by atoms with E-state index in [1.54, 1.807) is 18.9 Å². The predicted molar refractivity (Wildman–Crippen MR) is 94.7 cm³/mol. The zero-order valence-electron chi connectivity index (χ0n) is 13.5. The van der Waals surface area contributed by atoms with E-state index in [9.17, 15) is 4.79 Å². The summed E-state index contributed by atoms with van der Waals surface area (Å²) in [6, 6.07) is 3.93. The highest BCUT2D eigenvalue weighted by Crippen LogP contribution is 2.36. The summed E-state index contributed by atoms with van der Waals surface area (Å²) in [7, 11) is 5.62. The van der Waals surface area contributed by atoms with E-state index in [4.69, 9.17) is 4.74 Å². The number of anilines is 1. The van der Waals surface area contributed by atoms with E-state index in [1.807, 2.05) is 33.2 Å². The van der Waals surface area contributed by atoms with Gasteiger partial charge in [0, 0.05) is 20.0 Å². The van der Waals surface area contributed by atoms with Crippen LogP contribution in [-0.4, -0.2) is 50.1 Å². The molecule has 0 aliphatic carbocycles. The molecule has 0 spiro atoms. The third-order valence-corrected chi connectivity index (χ3v) is 4.51. The van der Waals surface area contributed by atoms with Crippen LogP contribution in [0.1, 0.15) is 12.5 Å². The summed E-state index contributed by atoms with van der Waals surface area (Å²) in [6.07, 6.45) is 0. The highest BCUT2D eigenvalue weighted by Gasteiger charge is 2.18. The number of halogens is 1. The van der Waals surface area contributed by atoms with Gasteiger partial charge in [0.15, 0.2) is 5.13 Å². The molecule has 1 amide bonds. The van der Waals surface area contributed by atoms with Crippen LogP contribution in [-0.2, 0) is 4.79 Å². The molecular formula is C15H22ClN3O2S. The molecule has 7 heteroatoms. The third kappa shape index (κ3) is 3.88. The standard InChI is InChI=1S/C15H21N3O2S.ClH/c1-10-6-7-12(20-5)13-14(10)21-15(16-13)18(11(2)19)9-8-17(3)4;/h6-7H,8-9H2,1-5H3;1H. The molecule has 0 atom stereocenters. The fourth-order valence-corrected chi connectivity index (χ4v) is 3.19. The number of rotatable bonds is 5. The van der Waals surface area contributed by atoms with Gasteiger partial charge >= 0.3 is 0 Å². The minimum Gasteiger partial charge on any atom is -0.494 e. The Hall–Kier alpha value is -1.37. The highest BCUT2D eigenvalue weighted by atomic mass is 35.5. The van der Waals surface area contributed by atoms with E-state index in [-0.39, 0.29) is 18.3 Å². The summed E-state index contributed by atoms with van der Waals surface area (Å²) < 4.78 is 6.44. The lowest BCUT2D eigenvalue weighted by Gasteiger charge is -2.20. The number of aryl methyl sites for hydroxylation is 1. The predicted octanol–water partition coefficient (Wildman–Crippen LogP) is 2.95. The Morgan fingerprint density at radius 2 is 2.00 bits per heavy atom. The van der Waals surface area contributed by atoms with Gasteiger partial charge in [-0.25, -0.2) is 4.98 Å². The second kappa shape index (κ2) is 7.76. The van der Waals surface area contributed by atoms with Gasteiger partial charge in [0.05, 0.1) is 11.8 Å². The maximum Gasteiger partial charge on any atom is 0.225 e. The first-order chi connectivity index (χ1) is 9.93. The maximum absolute atomic E-state index is 11.9. The first-order valence-electron chi connectivity index (χ1n) is 6.81. The Kier molecular flexibility index (Phi) is 6.59. The molecule has 22 heavy (non-hydrogen) atoms. The van der Waals surface area contributed by atoms with Crippen molar-refractivity contribution in [2.75, 3.05) is 39.2 Å². The number of amides is 1. The van der Waals surface area contributed by atoms with Crippen LogP contribution >= 0.6 is 23.7 Å². The molecule has 1 aromatic carbocycles. The Bertz CT molecular complexity index is 658. The van der Waals surface area contributed by atoms with Crippen molar-refractivity contribution < 1.29 is 9.53 Å². The molecule has 0 N–H and O–H groups in total. The van der Waals surface area contributed by atoms with Crippen molar-refractivity contribution in [2.45, 2.75) is 13.8 Å². The van der Waals surface area contributed by atoms with Gasteiger partial charge in [-0.1, -0.05) is 17.4 Å². The van der Waals surface area contributed by atoms with Gasteiger partial charge in [-0.05, 0) is 32.6 Å². The number of ether oxygens (including phenoxy) is 1. The van der Waals surface area contributed by atoms with Crippen LogP contribution in [0.3, 0.4) is 0 Å². The zero-order valence-corrected chi connectivity index (χ0v) is 15.2. The Labute approximate surface area is 141 Å². The van der Waals surface area contributed by atoms with Crippen molar-refractivity contribution in [1.29, 1.82) is 0 Å². The van der Waals surface area contributed by atoms with E-state index in [1.165, 1.54) is 11.3 Å². The number of fused-ring (bicyclic) bond motifs is 1. The quantitative estimate of drug-likeness (QED) is 0.837. The SMILES string of the molecule is COc1ccc(C)c2sc(N(CCN(C)C)C(C)=O)nc12.Cl. The van der Waals surface area contributed by atoms with E-state index >= 15 is 0 Å². The number of nitrogens with zero attached hydrogens (tertiary/aromatic N) is 3. The third-order valence-electron chi connectivity index (χ3n) is 3.29. The Morgan fingerprint density at radius 1 is 1.32 bits per heavy atom. The lowest BCUT2D eigenvalue weighted by atomic mass is 10.2. The molecule has 0 fully saturated rings. The second-order valence-corrected chi connectivity index (χ2v) is 6.21. The number of hydrogen-bond acceptors (Lipinski definition) is 5. The molecule has 0 aliphatic rings. The molecular weight excluding hydrogens is 322 g/mol. The smallest absolute Gasteiger partial charge is 0.225 e. The first-order valence-corrected chi connectivity index (χ1v) is 7.62. The zero-order chi connectivity index (χ0) is 15.6. The van der Waals surface area contributed by atoms with E-state index in [0.717, 1.165) is 33.2 Å². The van der Waals surface area contributed by atoms with Crippen molar-refractivity contribution in [3.8, 4) is 5.75 Å². The van der Waals surface area contributed by atoms with E-state index < -0.39 is 0 Å². The van der Waals surface area contributed by atoms with Crippen molar-refractivity contribution in [2.24, 2.45) is 0 Å². The number of hydrogen-bond donors (Lipinski definition) is 0. The average Bonchev–Trinajstić information content (AvgIpc) is 2.84. The molecule has 1 heterocycles. The van der Waals surface area contributed by atoms with Gasteiger partial charge in [-0.3, -0.25) is 9.69 Å². The molecule has 0 saturated carbocycles. The van der Waals surface area contributed by atoms with E-state index in [0.29, 0.717) is 6.54 Å². The maximum atomic E-state index is 11.9. The summed E-state index contributed by atoms with van der Waals surface area (Å²) in [5.41, 5.74) is 1.97. The Morgan fingerprint density at radius 3 is 2.55 bits per heavy atom. The molecule has 0 saturated heterocycles. The minimum absolute atomic E-state index is 0. The molecule has 2 aromatic rings. The first kappa shape index (κ1) is 18.7. The lowest BCUT2D eigenvalue weighted by Crippen LogP contribution is -2.35. The number of thiazole rings is 1. The fourth-order valence-electron chi connectivity index (χ4n) is 2.07. The summed E-state index contributed by atoms with van der Waals surface area (Å²) in [5.74, 6) is 0.752. The Balaban J connectivity index is 0.00000242. The minimum atomic E-state index is 0.